The van der Waals surface area contributed by atoms with E-state index in [1.807, 2.05) is 0 Å². The van der Waals surface area contributed by atoms with E-state index in [4.69, 9.17) is 0 Å². The molecule has 0 saturated carbocycles. The first-order chi connectivity index (χ1) is 11.2. The van der Waals surface area contributed by atoms with Crippen LogP contribution in [0.2, 0.25) is 0 Å². The Labute approximate surface area is 139 Å². The van der Waals surface area contributed by atoms with Crippen LogP contribution in [0, 0.1) is 5.82 Å². The summed E-state index contributed by atoms with van der Waals surface area (Å²) in [6.45, 7) is 3.41. The Morgan fingerprint density at radius 1 is 1.12 bits per heavy atom. The summed E-state index contributed by atoms with van der Waals surface area (Å²) in [5, 5.41) is 2.67. The number of hydrogen-bond acceptors (Lipinski definition) is 3. The van der Waals surface area contributed by atoms with E-state index < -0.39 is 15.6 Å². The summed E-state index contributed by atoms with van der Waals surface area (Å²) < 4.78 is 41.1. The number of benzene rings is 2. The molecule has 0 unspecified atom stereocenters. The van der Waals surface area contributed by atoms with E-state index in [1.165, 1.54) is 24.3 Å². The van der Waals surface area contributed by atoms with Gasteiger partial charge in [-0.05, 0) is 55.3 Å². The van der Waals surface area contributed by atoms with Gasteiger partial charge in [-0.2, -0.15) is 0 Å². The van der Waals surface area contributed by atoms with Crippen LogP contribution < -0.4 is 10.0 Å². The third-order valence-corrected chi connectivity index (χ3v) is 5.62. The zero-order chi connectivity index (χ0) is 17.5. The van der Waals surface area contributed by atoms with Crippen molar-refractivity contribution in [1.82, 2.24) is 4.72 Å². The summed E-state index contributed by atoms with van der Waals surface area (Å²) in [4.78, 5) is 11.5. The lowest BCUT2D eigenvalue weighted by Crippen LogP contribution is -2.40. The third kappa shape index (κ3) is 3.18. The fourth-order valence-corrected chi connectivity index (χ4v) is 4.15. The summed E-state index contributed by atoms with van der Waals surface area (Å²) in [6.07, 6.45) is 0.167. The highest BCUT2D eigenvalue weighted by Gasteiger charge is 2.29. The molecule has 1 aliphatic heterocycles. The molecule has 1 amide bonds. The number of carbonyl (C=O) groups is 1. The van der Waals surface area contributed by atoms with Crippen molar-refractivity contribution in [3.8, 4) is 0 Å². The SMILES string of the molecule is CC(C)(NS(=O)(=O)c1ccc2c(c1)CC(=O)N2)c1ccc(F)cc1. The minimum absolute atomic E-state index is 0.0907. The summed E-state index contributed by atoms with van der Waals surface area (Å²) in [5.41, 5.74) is 1.02. The maximum Gasteiger partial charge on any atom is 0.241 e. The van der Waals surface area contributed by atoms with Crippen molar-refractivity contribution in [2.24, 2.45) is 0 Å². The number of carbonyl (C=O) groups excluding carboxylic acids is 1. The predicted octanol–water partition coefficient (Wildman–Crippen LogP) is 2.53. The van der Waals surface area contributed by atoms with E-state index >= 15 is 0 Å². The van der Waals surface area contributed by atoms with Gasteiger partial charge in [0.2, 0.25) is 15.9 Å². The Balaban J connectivity index is 1.90. The van der Waals surface area contributed by atoms with Gasteiger partial charge in [-0.25, -0.2) is 17.5 Å². The molecule has 0 bridgehead atoms. The quantitative estimate of drug-likeness (QED) is 0.892. The van der Waals surface area contributed by atoms with Crippen molar-refractivity contribution in [3.63, 3.8) is 0 Å². The average molecular weight is 348 g/mol. The molecule has 0 fully saturated rings. The number of halogens is 1. The number of nitrogens with one attached hydrogen (secondary N) is 2. The van der Waals surface area contributed by atoms with Crippen LogP contribution in [-0.4, -0.2) is 14.3 Å². The van der Waals surface area contributed by atoms with Crippen molar-refractivity contribution in [1.29, 1.82) is 0 Å². The number of hydrogen-bond donors (Lipinski definition) is 2. The first-order valence-corrected chi connectivity index (χ1v) is 8.88. The minimum atomic E-state index is -3.80. The van der Waals surface area contributed by atoms with Gasteiger partial charge in [-0.3, -0.25) is 4.79 Å². The summed E-state index contributed by atoms with van der Waals surface area (Å²) in [7, 11) is -3.80. The summed E-state index contributed by atoms with van der Waals surface area (Å²) in [6, 6.07) is 10.2. The van der Waals surface area contributed by atoms with Crippen LogP contribution in [0.4, 0.5) is 10.1 Å². The second kappa shape index (κ2) is 5.68. The Kier molecular flexibility index (Phi) is 3.93. The van der Waals surface area contributed by atoms with Crippen LogP contribution in [-0.2, 0) is 26.8 Å². The zero-order valence-corrected chi connectivity index (χ0v) is 14.1. The van der Waals surface area contributed by atoms with Crippen molar-refractivity contribution < 1.29 is 17.6 Å². The van der Waals surface area contributed by atoms with Crippen molar-refractivity contribution >= 4 is 21.6 Å². The highest BCUT2D eigenvalue weighted by atomic mass is 32.2. The lowest BCUT2D eigenvalue weighted by molar-refractivity contribution is -0.115. The van der Waals surface area contributed by atoms with Crippen LogP contribution in [0.5, 0.6) is 0 Å². The number of sulfonamides is 1. The fourth-order valence-electron chi connectivity index (χ4n) is 2.69. The van der Waals surface area contributed by atoms with Gasteiger partial charge in [0.15, 0.2) is 0 Å². The smallest absolute Gasteiger partial charge is 0.241 e. The van der Waals surface area contributed by atoms with E-state index in [-0.39, 0.29) is 23.0 Å². The summed E-state index contributed by atoms with van der Waals surface area (Å²) in [5.74, 6) is -0.535. The second-order valence-corrected chi connectivity index (χ2v) is 7.96. The van der Waals surface area contributed by atoms with E-state index in [2.05, 4.69) is 10.0 Å². The van der Waals surface area contributed by atoms with Crippen molar-refractivity contribution in [2.45, 2.75) is 30.7 Å². The number of fused-ring (bicyclic) bond motifs is 1. The molecule has 0 atom stereocenters. The zero-order valence-electron chi connectivity index (χ0n) is 13.3. The van der Waals surface area contributed by atoms with Gasteiger partial charge < -0.3 is 5.32 Å². The molecule has 1 heterocycles. The maximum absolute atomic E-state index is 13.1. The lowest BCUT2D eigenvalue weighted by atomic mass is 9.96. The molecule has 0 spiro atoms. The third-order valence-electron chi connectivity index (χ3n) is 3.97. The molecule has 24 heavy (non-hydrogen) atoms. The minimum Gasteiger partial charge on any atom is -0.326 e. The largest absolute Gasteiger partial charge is 0.326 e. The van der Waals surface area contributed by atoms with Crippen LogP contribution in [0.25, 0.3) is 0 Å². The number of rotatable bonds is 4. The molecule has 3 rings (SSSR count). The van der Waals surface area contributed by atoms with Gasteiger partial charge in [0.25, 0.3) is 0 Å². The molecule has 2 N–H and O–H groups in total. The highest BCUT2D eigenvalue weighted by Crippen LogP contribution is 2.28. The van der Waals surface area contributed by atoms with Gasteiger partial charge >= 0.3 is 0 Å². The fraction of sp³-hybridized carbons (Fsp3) is 0.235. The average Bonchev–Trinajstić information content (AvgIpc) is 2.85. The molecule has 0 aromatic heterocycles. The first kappa shape index (κ1) is 16.6. The Morgan fingerprint density at radius 3 is 2.46 bits per heavy atom. The Bertz CT molecular complexity index is 906. The van der Waals surface area contributed by atoms with E-state index in [9.17, 15) is 17.6 Å². The monoisotopic (exact) mass is 348 g/mol. The molecule has 0 saturated heterocycles. The van der Waals surface area contributed by atoms with Crippen LogP contribution in [0.1, 0.15) is 25.0 Å². The lowest BCUT2D eigenvalue weighted by Gasteiger charge is -2.26. The van der Waals surface area contributed by atoms with Crippen molar-refractivity contribution in [3.05, 3.63) is 59.4 Å². The van der Waals surface area contributed by atoms with Gasteiger partial charge in [0.1, 0.15) is 5.82 Å². The van der Waals surface area contributed by atoms with Gasteiger partial charge in [0, 0.05) is 5.69 Å². The van der Waals surface area contributed by atoms with Gasteiger partial charge in [0.05, 0.1) is 16.9 Å². The molecule has 1 aliphatic rings. The molecule has 2 aromatic carbocycles. The van der Waals surface area contributed by atoms with E-state index in [0.29, 0.717) is 16.8 Å². The molecular formula is C17H17FN2O3S. The predicted molar refractivity (Wildman–Crippen MR) is 88.5 cm³/mol. The molecule has 0 radical (unpaired) electrons. The molecule has 0 aliphatic carbocycles. The molecule has 7 heteroatoms. The van der Waals surface area contributed by atoms with Gasteiger partial charge in [-0.1, -0.05) is 12.1 Å². The van der Waals surface area contributed by atoms with Crippen molar-refractivity contribution in [2.75, 3.05) is 5.32 Å². The molecule has 2 aromatic rings. The normalized spacial score (nSPS) is 14.4. The van der Waals surface area contributed by atoms with Crippen LogP contribution in [0.15, 0.2) is 47.4 Å². The Morgan fingerprint density at radius 2 is 1.79 bits per heavy atom. The molecule has 126 valence electrons. The van der Waals surface area contributed by atoms with Crippen LogP contribution >= 0.6 is 0 Å². The maximum atomic E-state index is 13.1. The van der Waals surface area contributed by atoms with Gasteiger partial charge in [-0.15, -0.1) is 0 Å². The first-order valence-electron chi connectivity index (χ1n) is 7.40. The highest BCUT2D eigenvalue weighted by molar-refractivity contribution is 7.89. The second-order valence-electron chi connectivity index (χ2n) is 6.28. The van der Waals surface area contributed by atoms with Crippen LogP contribution in [0.3, 0.4) is 0 Å². The molecule has 5 nitrogen and oxygen atoms in total. The standard InChI is InChI=1S/C17H17FN2O3S/c1-17(2,12-3-5-13(18)6-4-12)20-24(22,23)14-7-8-15-11(9-14)10-16(21)19-15/h3-9,20H,10H2,1-2H3,(H,19,21). The topological polar surface area (TPSA) is 75.3 Å². The summed E-state index contributed by atoms with van der Waals surface area (Å²) >= 11 is 0. The molecular weight excluding hydrogens is 331 g/mol. The van der Waals surface area contributed by atoms with E-state index in [0.717, 1.165) is 0 Å². The Hall–Kier alpha value is -2.25. The van der Waals surface area contributed by atoms with E-state index in [1.54, 1.807) is 32.0 Å². The number of anilines is 1. The number of amides is 1.